The van der Waals surface area contributed by atoms with Crippen molar-refractivity contribution in [3.63, 3.8) is 0 Å². The Morgan fingerprint density at radius 1 is 1.26 bits per heavy atom. The van der Waals surface area contributed by atoms with Crippen molar-refractivity contribution < 1.29 is 14.3 Å². The molecule has 8 heteroatoms. The SMILES string of the molecule is COc1ccc(OCCN/C=C(/C#N)C(=O)NCCN2CCNCC2)cc1. The molecule has 0 atom stereocenters. The summed E-state index contributed by atoms with van der Waals surface area (Å²) in [5.74, 6) is 1.13. The first-order chi connectivity index (χ1) is 13.2. The van der Waals surface area contributed by atoms with Crippen LogP contribution in [0.2, 0.25) is 0 Å². The van der Waals surface area contributed by atoms with Gasteiger partial charge >= 0.3 is 0 Å². The molecule has 27 heavy (non-hydrogen) atoms. The van der Waals surface area contributed by atoms with Crippen LogP contribution in [0.15, 0.2) is 36.0 Å². The summed E-state index contributed by atoms with van der Waals surface area (Å²) in [6, 6.07) is 9.20. The molecule has 0 unspecified atom stereocenters. The number of ether oxygens (including phenoxy) is 2. The molecule has 3 N–H and O–H groups in total. The quantitative estimate of drug-likeness (QED) is 0.304. The minimum atomic E-state index is -0.365. The van der Waals surface area contributed by atoms with Gasteiger partial charge in [-0.05, 0) is 24.3 Å². The van der Waals surface area contributed by atoms with Crippen molar-refractivity contribution in [1.82, 2.24) is 20.9 Å². The minimum Gasteiger partial charge on any atom is -0.497 e. The molecule has 146 valence electrons. The monoisotopic (exact) mass is 373 g/mol. The van der Waals surface area contributed by atoms with Gasteiger partial charge in [-0.15, -0.1) is 0 Å². The molecule has 1 aromatic rings. The Labute approximate surface area is 160 Å². The molecule has 0 aliphatic carbocycles. The highest BCUT2D eigenvalue weighted by Crippen LogP contribution is 2.16. The molecule has 0 spiro atoms. The average molecular weight is 373 g/mol. The second-order valence-corrected chi connectivity index (χ2v) is 6.00. The van der Waals surface area contributed by atoms with Gasteiger partial charge in [0.1, 0.15) is 29.7 Å². The van der Waals surface area contributed by atoms with Gasteiger partial charge in [-0.3, -0.25) is 9.69 Å². The Hall–Kier alpha value is -2.76. The van der Waals surface area contributed by atoms with Crippen molar-refractivity contribution in [3.8, 4) is 17.6 Å². The number of carbonyl (C=O) groups is 1. The highest BCUT2D eigenvalue weighted by Gasteiger charge is 2.11. The zero-order valence-corrected chi connectivity index (χ0v) is 15.7. The second-order valence-electron chi connectivity index (χ2n) is 6.00. The van der Waals surface area contributed by atoms with E-state index in [2.05, 4.69) is 20.9 Å². The molecule has 1 amide bonds. The number of amides is 1. The number of hydrogen-bond acceptors (Lipinski definition) is 7. The maximum atomic E-state index is 12.0. The molecule has 1 aliphatic heterocycles. The second kappa shape index (κ2) is 11.8. The maximum Gasteiger partial charge on any atom is 0.263 e. The minimum absolute atomic E-state index is 0.0553. The molecular weight excluding hydrogens is 346 g/mol. The molecule has 1 heterocycles. The van der Waals surface area contributed by atoms with E-state index in [4.69, 9.17) is 14.7 Å². The third-order valence-corrected chi connectivity index (χ3v) is 4.11. The maximum absolute atomic E-state index is 12.0. The Bertz CT molecular complexity index is 648. The van der Waals surface area contributed by atoms with Gasteiger partial charge in [-0.1, -0.05) is 0 Å². The lowest BCUT2D eigenvalue weighted by molar-refractivity contribution is -0.117. The molecule has 1 aromatic carbocycles. The van der Waals surface area contributed by atoms with Gasteiger partial charge in [0.25, 0.3) is 5.91 Å². The van der Waals surface area contributed by atoms with Crippen LogP contribution in [0.25, 0.3) is 0 Å². The van der Waals surface area contributed by atoms with E-state index >= 15 is 0 Å². The fourth-order valence-electron chi connectivity index (χ4n) is 2.58. The summed E-state index contributed by atoms with van der Waals surface area (Å²) in [5, 5.41) is 18.2. The summed E-state index contributed by atoms with van der Waals surface area (Å²) in [6.45, 7) is 6.10. The van der Waals surface area contributed by atoms with E-state index in [9.17, 15) is 4.79 Å². The van der Waals surface area contributed by atoms with Gasteiger partial charge in [0.05, 0.1) is 7.11 Å². The van der Waals surface area contributed by atoms with Crippen LogP contribution in [-0.4, -0.2) is 70.3 Å². The predicted octanol–water partition coefficient (Wildman–Crippen LogP) is 0.0925. The lowest BCUT2D eigenvalue weighted by atomic mass is 10.3. The summed E-state index contributed by atoms with van der Waals surface area (Å²) < 4.78 is 10.7. The fourth-order valence-corrected chi connectivity index (χ4v) is 2.58. The topological polar surface area (TPSA) is 98.6 Å². The molecule has 0 saturated carbocycles. The molecular formula is C19H27N5O3. The van der Waals surface area contributed by atoms with E-state index in [1.165, 1.54) is 6.20 Å². The summed E-state index contributed by atoms with van der Waals surface area (Å²) >= 11 is 0. The molecule has 0 aromatic heterocycles. The van der Waals surface area contributed by atoms with Crippen LogP contribution < -0.4 is 25.4 Å². The lowest BCUT2D eigenvalue weighted by Gasteiger charge is -2.27. The number of methoxy groups -OCH3 is 1. The number of piperazine rings is 1. The smallest absolute Gasteiger partial charge is 0.263 e. The molecule has 1 saturated heterocycles. The third kappa shape index (κ3) is 7.56. The number of rotatable bonds is 10. The number of nitrogens with one attached hydrogen (secondary N) is 3. The number of nitrogens with zero attached hydrogens (tertiary/aromatic N) is 2. The van der Waals surface area contributed by atoms with Crippen LogP contribution in [0.5, 0.6) is 11.5 Å². The van der Waals surface area contributed by atoms with E-state index < -0.39 is 0 Å². The zero-order chi connectivity index (χ0) is 19.3. The van der Waals surface area contributed by atoms with Crippen LogP contribution in [0, 0.1) is 11.3 Å². The summed E-state index contributed by atoms with van der Waals surface area (Å²) in [5.41, 5.74) is 0.0553. The Kier molecular flexibility index (Phi) is 8.96. The van der Waals surface area contributed by atoms with Crippen LogP contribution in [0.1, 0.15) is 0 Å². The van der Waals surface area contributed by atoms with E-state index in [1.54, 1.807) is 7.11 Å². The number of nitriles is 1. The first-order valence-electron chi connectivity index (χ1n) is 9.04. The normalized spacial score (nSPS) is 14.9. The van der Waals surface area contributed by atoms with Gasteiger partial charge in [0.15, 0.2) is 0 Å². The standard InChI is InChI=1S/C19H27N5O3/c1-26-17-2-4-18(5-3-17)27-13-9-22-15-16(14-20)19(25)23-8-12-24-10-6-21-7-11-24/h2-5,15,21-22H,6-13H2,1H3,(H,23,25)/b16-15-. The average Bonchev–Trinajstić information content (AvgIpc) is 2.72. The van der Waals surface area contributed by atoms with E-state index in [1.807, 2.05) is 30.3 Å². The van der Waals surface area contributed by atoms with Gasteiger partial charge in [-0.25, -0.2) is 0 Å². The molecule has 8 nitrogen and oxygen atoms in total. The Morgan fingerprint density at radius 2 is 1.96 bits per heavy atom. The number of benzene rings is 1. The molecule has 2 rings (SSSR count). The van der Waals surface area contributed by atoms with E-state index in [-0.39, 0.29) is 11.5 Å². The van der Waals surface area contributed by atoms with Crippen LogP contribution >= 0.6 is 0 Å². The zero-order valence-electron chi connectivity index (χ0n) is 15.7. The van der Waals surface area contributed by atoms with Crippen LogP contribution in [0.3, 0.4) is 0 Å². The van der Waals surface area contributed by atoms with Crippen LogP contribution in [-0.2, 0) is 4.79 Å². The summed E-state index contributed by atoms with van der Waals surface area (Å²) in [4.78, 5) is 14.3. The van der Waals surface area contributed by atoms with Gasteiger partial charge in [0, 0.05) is 52.0 Å². The first-order valence-corrected chi connectivity index (χ1v) is 9.04. The van der Waals surface area contributed by atoms with Gasteiger partial charge in [-0.2, -0.15) is 5.26 Å². The van der Waals surface area contributed by atoms with Crippen molar-refractivity contribution in [1.29, 1.82) is 5.26 Å². The Morgan fingerprint density at radius 3 is 2.63 bits per heavy atom. The lowest BCUT2D eigenvalue weighted by Crippen LogP contribution is -2.46. The number of hydrogen-bond donors (Lipinski definition) is 3. The van der Waals surface area contributed by atoms with E-state index in [0.29, 0.717) is 19.7 Å². The van der Waals surface area contributed by atoms with Gasteiger partial charge < -0.3 is 25.4 Å². The predicted molar refractivity (Wildman–Crippen MR) is 103 cm³/mol. The van der Waals surface area contributed by atoms with Crippen molar-refractivity contribution >= 4 is 5.91 Å². The third-order valence-electron chi connectivity index (χ3n) is 4.11. The Balaban J connectivity index is 1.63. The molecule has 0 bridgehead atoms. The fraction of sp³-hybridized carbons (Fsp3) is 0.474. The first kappa shape index (κ1) is 20.6. The highest BCUT2D eigenvalue weighted by atomic mass is 16.5. The van der Waals surface area contributed by atoms with Crippen molar-refractivity contribution in [2.24, 2.45) is 0 Å². The molecule has 1 aliphatic rings. The highest BCUT2D eigenvalue weighted by molar-refractivity contribution is 5.97. The van der Waals surface area contributed by atoms with Crippen molar-refractivity contribution in [2.45, 2.75) is 0 Å². The summed E-state index contributed by atoms with van der Waals surface area (Å²) in [6.07, 6.45) is 1.43. The molecule has 0 radical (unpaired) electrons. The largest absolute Gasteiger partial charge is 0.497 e. The summed E-state index contributed by atoms with van der Waals surface area (Å²) in [7, 11) is 1.61. The van der Waals surface area contributed by atoms with Gasteiger partial charge in [0.2, 0.25) is 0 Å². The van der Waals surface area contributed by atoms with E-state index in [0.717, 1.165) is 44.2 Å². The van der Waals surface area contributed by atoms with Crippen molar-refractivity contribution in [2.75, 3.05) is 59.5 Å². The number of carbonyl (C=O) groups excluding carboxylic acids is 1. The van der Waals surface area contributed by atoms with Crippen LogP contribution in [0.4, 0.5) is 0 Å². The van der Waals surface area contributed by atoms with Crippen molar-refractivity contribution in [3.05, 3.63) is 36.0 Å². The molecule has 1 fully saturated rings.